The Morgan fingerprint density at radius 3 is 2.44 bits per heavy atom. The second-order valence-corrected chi connectivity index (χ2v) is 6.87. The maximum Gasteiger partial charge on any atom is 0.244 e. The third-order valence-electron chi connectivity index (χ3n) is 3.78. The molecule has 18 heavy (non-hydrogen) atoms. The zero-order valence-electron chi connectivity index (χ0n) is 11.2. The summed E-state index contributed by atoms with van der Waals surface area (Å²) < 4.78 is 27.5. The molecule has 2 rings (SSSR count). The minimum Gasteiger partial charge on any atom is -0.281 e. The number of aromatic nitrogens is 2. The molecule has 0 amide bonds. The molecule has 102 valence electrons. The van der Waals surface area contributed by atoms with Crippen molar-refractivity contribution < 1.29 is 8.42 Å². The van der Waals surface area contributed by atoms with Gasteiger partial charge in [0.2, 0.25) is 10.0 Å². The van der Waals surface area contributed by atoms with Crippen molar-refractivity contribution in [1.29, 1.82) is 0 Å². The number of rotatable bonds is 4. The number of H-pyrrole nitrogens is 1. The molecule has 2 N–H and O–H groups in total. The van der Waals surface area contributed by atoms with Crippen molar-refractivity contribution in [3.63, 3.8) is 0 Å². The summed E-state index contributed by atoms with van der Waals surface area (Å²) in [4.78, 5) is 0.298. The lowest BCUT2D eigenvalue weighted by Crippen LogP contribution is -2.37. The van der Waals surface area contributed by atoms with E-state index >= 15 is 0 Å². The van der Waals surface area contributed by atoms with Gasteiger partial charge < -0.3 is 0 Å². The minimum absolute atomic E-state index is 0.00815. The molecule has 1 fully saturated rings. The topological polar surface area (TPSA) is 74.8 Å². The molecule has 1 aliphatic rings. The highest BCUT2D eigenvalue weighted by atomic mass is 32.2. The molecule has 0 bridgehead atoms. The maximum absolute atomic E-state index is 12.3. The average molecular weight is 271 g/mol. The van der Waals surface area contributed by atoms with Gasteiger partial charge in [0.25, 0.3) is 0 Å². The van der Waals surface area contributed by atoms with E-state index in [1.165, 1.54) is 12.8 Å². The minimum atomic E-state index is -3.46. The fourth-order valence-electron chi connectivity index (χ4n) is 2.79. The Balaban J connectivity index is 2.17. The summed E-state index contributed by atoms with van der Waals surface area (Å²) in [6, 6.07) is -0.00815. The van der Waals surface area contributed by atoms with Gasteiger partial charge in [-0.05, 0) is 39.5 Å². The van der Waals surface area contributed by atoms with Crippen LogP contribution in [0.15, 0.2) is 4.90 Å². The summed E-state index contributed by atoms with van der Waals surface area (Å²) in [6.07, 6.45) is 4.65. The van der Waals surface area contributed by atoms with Gasteiger partial charge in [-0.2, -0.15) is 5.10 Å². The number of hydrogen-bond acceptors (Lipinski definition) is 3. The molecule has 6 heteroatoms. The van der Waals surface area contributed by atoms with Crippen molar-refractivity contribution in [3.05, 3.63) is 11.4 Å². The van der Waals surface area contributed by atoms with Gasteiger partial charge in [-0.25, -0.2) is 13.1 Å². The van der Waals surface area contributed by atoms with Crippen LogP contribution < -0.4 is 4.72 Å². The van der Waals surface area contributed by atoms with E-state index in [4.69, 9.17) is 0 Å². The lowest BCUT2D eigenvalue weighted by Gasteiger charge is -2.20. The van der Waals surface area contributed by atoms with E-state index in [1.807, 2.05) is 6.92 Å². The van der Waals surface area contributed by atoms with Crippen LogP contribution in [0.1, 0.15) is 44.0 Å². The van der Waals surface area contributed by atoms with Gasteiger partial charge in [-0.3, -0.25) is 5.10 Å². The molecular weight excluding hydrogens is 250 g/mol. The Bertz CT molecular complexity index is 496. The summed E-state index contributed by atoms with van der Waals surface area (Å²) in [7, 11) is -3.46. The molecule has 0 aliphatic heterocycles. The smallest absolute Gasteiger partial charge is 0.244 e. The van der Waals surface area contributed by atoms with Crippen LogP contribution in [0.25, 0.3) is 0 Å². The van der Waals surface area contributed by atoms with E-state index in [1.54, 1.807) is 13.8 Å². The van der Waals surface area contributed by atoms with Gasteiger partial charge in [0, 0.05) is 6.04 Å². The lowest BCUT2D eigenvalue weighted by molar-refractivity contribution is 0.424. The number of aryl methyl sites for hydroxylation is 2. The molecule has 1 atom stereocenters. The molecule has 1 aromatic rings. The van der Waals surface area contributed by atoms with Crippen LogP contribution in [0.5, 0.6) is 0 Å². The van der Waals surface area contributed by atoms with Crippen LogP contribution in [0.2, 0.25) is 0 Å². The van der Waals surface area contributed by atoms with Gasteiger partial charge in [-0.15, -0.1) is 0 Å². The largest absolute Gasteiger partial charge is 0.281 e. The first-order valence-corrected chi connectivity index (χ1v) is 7.94. The normalized spacial score (nSPS) is 19.3. The quantitative estimate of drug-likeness (QED) is 0.878. The van der Waals surface area contributed by atoms with E-state index < -0.39 is 10.0 Å². The van der Waals surface area contributed by atoms with E-state index in [2.05, 4.69) is 14.9 Å². The van der Waals surface area contributed by atoms with Crippen LogP contribution in [0, 0.1) is 19.8 Å². The van der Waals surface area contributed by atoms with Crippen LogP contribution in [-0.4, -0.2) is 24.7 Å². The Labute approximate surface area is 108 Å². The van der Waals surface area contributed by atoms with E-state index in [-0.39, 0.29) is 6.04 Å². The first-order valence-electron chi connectivity index (χ1n) is 6.45. The Morgan fingerprint density at radius 1 is 1.33 bits per heavy atom. The van der Waals surface area contributed by atoms with Crippen molar-refractivity contribution in [2.24, 2.45) is 5.92 Å². The standard InChI is InChI=1S/C12H21N3O2S/c1-8(11-6-4-5-7-11)15-18(16,17)12-9(2)13-14-10(12)3/h8,11,15H,4-7H2,1-3H3,(H,13,14). The lowest BCUT2D eigenvalue weighted by atomic mass is 10.0. The maximum atomic E-state index is 12.3. The molecule has 5 nitrogen and oxygen atoms in total. The zero-order chi connectivity index (χ0) is 13.3. The first kappa shape index (κ1) is 13.5. The summed E-state index contributed by atoms with van der Waals surface area (Å²) >= 11 is 0. The molecular formula is C12H21N3O2S. The first-order chi connectivity index (χ1) is 8.42. The highest BCUT2D eigenvalue weighted by molar-refractivity contribution is 7.89. The van der Waals surface area contributed by atoms with E-state index in [9.17, 15) is 8.42 Å². The summed E-state index contributed by atoms with van der Waals surface area (Å²) in [5, 5.41) is 6.66. The number of hydrogen-bond donors (Lipinski definition) is 2. The molecule has 1 unspecified atom stereocenters. The van der Waals surface area contributed by atoms with E-state index in [0.29, 0.717) is 22.2 Å². The van der Waals surface area contributed by atoms with Crippen molar-refractivity contribution in [1.82, 2.24) is 14.9 Å². The molecule has 0 radical (unpaired) electrons. The Morgan fingerprint density at radius 2 is 1.94 bits per heavy atom. The van der Waals surface area contributed by atoms with Crippen molar-refractivity contribution >= 4 is 10.0 Å². The molecule has 1 aliphatic carbocycles. The predicted octanol–water partition coefficient (Wildman–Crippen LogP) is 1.88. The third kappa shape index (κ3) is 2.59. The van der Waals surface area contributed by atoms with Crippen LogP contribution in [-0.2, 0) is 10.0 Å². The van der Waals surface area contributed by atoms with Crippen LogP contribution in [0.4, 0.5) is 0 Å². The summed E-state index contributed by atoms with van der Waals surface area (Å²) in [5.41, 5.74) is 1.12. The highest BCUT2D eigenvalue weighted by Gasteiger charge is 2.28. The van der Waals surface area contributed by atoms with Gasteiger partial charge in [-0.1, -0.05) is 12.8 Å². The third-order valence-corrected chi connectivity index (χ3v) is 5.60. The van der Waals surface area contributed by atoms with Gasteiger partial charge >= 0.3 is 0 Å². The van der Waals surface area contributed by atoms with Gasteiger partial charge in [0.1, 0.15) is 4.90 Å². The molecule has 0 saturated heterocycles. The molecule has 1 heterocycles. The summed E-state index contributed by atoms with van der Waals surface area (Å²) in [6.45, 7) is 5.39. The SMILES string of the molecule is Cc1n[nH]c(C)c1S(=O)(=O)NC(C)C1CCCC1. The molecule has 0 aromatic carbocycles. The van der Waals surface area contributed by atoms with Crippen LogP contribution >= 0.6 is 0 Å². The van der Waals surface area contributed by atoms with E-state index in [0.717, 1.165) is 12.8 Å². The predicted molar refractivity (Wildman–Crippen MR) is 69.8 cm³/mol. The fourth-order valence-corrected chi connectivity index (χ4v) is 4.48. The number of nitrogens with zero attached hydrogens (tertiary/aromatic N) is 1. The van der Waals surface area contributed by atoms with Gasteiger partial charge in [0.05, 0.1) is 11.4 Å². The van der Waals surface area contributed by atoms with Crippen molar-refractivity contribution in [3.8, 4) is 0 Å². The molecule has 0 spiro atoms. The Hall–Kier alpha value is -0.880. The second-order valence-electron chi connectivity index (χ2n) is 5.22. The summed E-state index contributed by atoms with van der Waals surface area (Å²) in [5.74, 6) is 0.465. The van der Waals surface area contributed by atoms with Crippen molar-refractivity contribution in [2.75, 3.05) is 0 Å². The molecule has 1 saturated carbocycles. The molecule has 1 aromatic heterocycles. The van der Waals surface area contributed by atoms with Gasteiger partial charge in [0.15, 0.2) is 0 Å². The van der Waals surface area contributed by atoms with Crippen LogP contribution in [0.3, 0.4) is 0 Å². The number of sulfonamides is 1. The fraction of sp³-hybridized carbons (Fsp3) is 0.750. The highest BCUT2D eigenvalue weighted by Crippen LogP contribution is 2.28. The average Bonchev–Trinajstić information content (AvgIpc) is 2.87. The Kier molecular flexibility index (Phi) is 3.77. The monoisotopic (exact) mass is 271 g/mol. The number of nitrogens with one attached hydrogen (secondary N) is 2. The van der Waals surface area contributed by atoms with Crippen molar-refractivity contribution in [2.45, 2.75) is 57.4 Å². The zero-order valence-corrected chi connectivity index (χ0v) is 12.0. The second kappa shape index (κ2) is 5.01. The number of aromatic amines is 1.